The van der Waals surface area contributed by atoms with E-state index in [1.54, 1.807) is 12.4 Å². The van der Waals surface area contributed by atoms with Gasteiger partial charge in [-0.15, -0.1) is 0 Å². The third kappa shape index (κ3) is 3.45. The highest BCUT2D eigenvalue weighted by Gasteiger charge is 2.22. The molecular formula is C14H20N2O2. The Bertz CT molecular complexity index is 373. The molecule has 0 aliphatic carbocycles. The normalized spacial score (nSPS) is 16.6. The van der Waals surface area contributed by atoms with Gasteiger partial charge in [-0.1, -0.05) is 19.4 Å². The molecule has 0 spiro atoms. The Morgan fingerprint density at radius 2 is 2.28 bits per heavy atom. The number of amides is 1. The lowest BCUT2D eigenvalue weighted by molar-refractivity contribution is 0.0819. The van der Waals surface area contributed by atoms with Gasteiger partial charge in [0.1, 0.15) is 6.61 Å². The lowest BCUT2D eigenvalue weighted by Crippen LogP contribution is -2.38. The van der Waals surface area contributed by atoms with Gasteiger partial charge in [0, 0.05) is 31.0 Å². The number of likely N-dealkylation sites (tertiary alicyclic amines) is 1. The van der Waals surface area contributed by atoms with Crippen molar-refractivity contribution in [2.75, 3.05) is 13.1 Å². The molecule has 1 aromatic heterocycles. The van der Waals surface area contributed by atoms with Gasteiger partial charge in [0.05, 0.1) is 0 Å². The standard InChI is InChI=1S/C14H20N2O2/c1-2-12-5-8-16(9-6-12)14(17)18-11-13-4-3-7-15-10-13/h3-4,7,10,12H,2,5-6,8-9,11H2,1H3. The van der Waals surface area contributed by atoms with Gasteiger partial charge in [-0.3, -0.25) is 4.98 Å². The van der Waals surface area contributed by atoms with Gasteiger partial charge in [0.15, 0.2) is 0 Å². The average Bonchev–Trinajstić information content (AvgIpc) is 2.46. The molecule has 4 nitrogen and oxygen atoms in total. The number of rotatable bonds is 3. The minimum absolute atomic E-state index is 0.201. The Morgan fingerprint density at radius 1 is 1.50 bits per heavy atom. The Balaban J connectivity index is 1.75. The lowest BCUT2D eigenvalue weighted by Gasteiger charge is -2.30. The third-order valence-corrected chi connectivity index (χ3v) is 3.54. The number of ether oxygens (including phenoxy) is 1. The van der Waals surface area contributed by atoms with Gasteiger partial charge in [0.2, 0.25) is 0 Å². The molecule has 1 fully saturated rings. The minimum Gasteiger partial charge on any atom is -0.444 e. The molecule has 2 rings (SSSR count). The van der Waals surface area contributed by atoms with Crippen molar-refractivity contribution in [1.82, 2.24) is 9.88 Å². The number of nitrogens with zero attached hydrogens (tertiary/aromatic N) is 2. The summed E-state index contributed by atoms with van der Waals surface area (Å²) in [6.45, 7) is 4.16. The molecule has 1 aromatic rings. The zero-order chi connectivity index (χ0) is 12.8. The molecule has 0 aromatic carbocycles. The van der Waals surface area contributed by atoms with Crippen molar-refractivity contribution in [3.63, 3.8) is 0 Å². The van der Waals surface area contributed by atoms with E-state index < -0.39 is 0 Å². The maximum absolute atomic E-state index is 11.8. The fraction of sp³-hybridized carbons (Fsp3) is 0.571. The van der Waals surface area contributed by atoms with Gasteiger partial charge in [0.25, 0.3) is 0 Å². The summed E-state index contributed by atoms with van der Waals surface area (Å²) in [4.78, 5) is 17.6. The van der Waals surface area contributed by atoms with E-state index >= 15 is 0 Å². The molecule has 1 aliphatic heterocycles. The predicted molar refractivity (Wildman–Crippen MR) is 69.0 cm³/mol. The summed E-state index contributed by atoms with van der Waals surface area (Å²) in [7, 11) is 0. The molecule has 2 heterocycles. The summed E-state index contributed by atoms with van der Waals surface area (Å²) >= 11 is 0. The molecule has 0 saturated carbocycles. The van der Waals surface area contributed by atoms with Crippen LogP contribution in [0.15, 0.2) is 24.5 Å². The number of piperidine rings is 1. The van der Waals surface area contributed by atoms with Crippen molar-refractivity contribution in [3.8, 4) is 0 Å². The Kier molecular flexibility index (Phi) is 4.56. The Hall–Kier alpha value is -1.58. The van der Waals surface area contributed by atoms with E-state index in [2.05, 4.69) is 11.9 Å². The van der Waals surface area contributed by atoms with E-state index in [0.717, 1.165) is 37.4 Å². The van der Waals surface area contributed by atoms with Crippen LogP contribution in [0.1, 0.15) is 31.7 Å². The van der Waals surface area contributed by atoms with Crippen LogP contribution in [-0.2, 0) is 11.3 Å². The number of hydrogen-bond acceptors (Lipinski definition) is 3. The fourth-order valence-corrected chi connectivity index (χ4v) is 2.24. The number of carbonyl (C=O) groups is 1. The molecule has 18 heavy (non-hydrogen) atoms. The number of pyridine rings is 1. The summed E-state index contributed by atoms with van der Waals surface area (Å²) in [6, 6.07) is 3.75. The van der Waals surface area contributed by atoms with Crippen molar-refractivity contribution >= 4 is 6.09 Å². The molecule has 4 heteroatoms. The summed E-state index contributed by atoms with van der Waals surface area (Å²) in [5.74, 6) is 0.771. The Morgan fingerprint density at radius 3 is 2.89 bits per heavy atom. The van der Waals surface area contributed by atoms with Crippen LogP contribution in [0.25, 0.3) is 0 Å². The monoisotopic (exact) mass is 248 g/mol. The molecule has 1 aliphatic rings. The first-order valence-corrected chi connectivity index (χ1v) is 6.60. The predicted octanol–water partition coefficient (Wildman–Crippen LogP) is 2.84. The maximum atomic E-state index is 11.8. The molecular weight excluding hydrogens is 228 g/mol. The van der Waals surface area contributed by atoms with E-state index in [0.29, 0.717) is 6.61 Å². The largest absolute Gasteiger partial charge is 0.444 e. The molecule has 1 saturated heterocycles. The lowest BCUT2D eigenvalue weighted by atomic mass is 9.95. The van der Waals surface area contributed by atoms with Gasteiger partial charge in [-0.2, -0.15) is 0 Å². The average molecular weight is 248 g/mol. The SMILES string of the molecule is CCC1CCN(C(=O)OCc2cccnc2)CC1. The summed E-state index contributed by atoms with van der Waals surface area (Å²) < 4.78 is 5.28. The number of carbonyl (C=O) groups excluding carboxylic acids is 1. The first-order valence-electron chi connectivity index (χ1n) is 6.60. The summed E-state index contributed by atoms with van der Waals surface area (Å²) in [5.41, 5.74) is 0.925. The van der Waals surface area contributed by atoms with Crippen molar-refractivity contribution in [2.45, 2.75) is 32.8 Å². The van der Waals surface area contributed by atoms with E-state index in [1.807, 2.05) is 17.0 Å². The van der Waals surface area contributed by atoms with Gasteiger partial charge < -0.3 is 9.64 Å². The van der Waals surface area contributed by atoms with Crippen molar-refractivity contribution in [1.29, 1.82) is 0 Å². The zero-order valence-electron chi connectivity index (χ0n) is 10.8. The second-order valence-electron chi connectivity index (χ2n) is 4.75. The number of hydrogen-bond donors (Lipinski definition) is 0. The van der Waals surface area contributed by atoms with Crippen LogP contribution in [0.3, 0.4) is 0 Å². The van der Waals surface area contributed by atoms with Crippen molar-refractivity contribution in [2.24, 2.45) is 5.92 Å². The number of aromatic nitrogens is 1. The van der Waals surface area contributed by atoms with Crippen LogP contribution in [-0.4, -0.2) is 29.1 Å². The van der Waals surface area contributed by atoms with Gasteiger partial charge in [-0.25, -0.2) is 4.79 Å². The maximum Gasteiger partial charge on any atom is 0.410 e. The summed E-state index contributed by atoms with van der Waals surface area (Å²) in [6.07, 6.45) is 6.63. The van der Waals surface area contributed by atoms with Crippen LogP contribution < -0.4 is 0 Å². The third-order valence-electron chi connectivity index (χ3n) is 3.54. The van der Waals surface area contributed by atoms with Crippen molar-refractivity contribution in [3.05, 3.63) is 30.1 Å². The first kappa shape index (κ1) is 12.9. The second kappa shape index (κ2) is 6.38. The fourth-order valence-electron chi connectivity index (χ4n) is 2.24. The van der Waals surface area contributed by atoms with E-state index in [1.165, 1.54) is 6.42 Å². The minimum atomic E-state index is -0.201. The molecule has 98 valence electrons. The highest BCUT2D eigenvalue weighted by Crippen LogP contribution is 2.20. The van der Waals surface area contributed by atoms with Crippen LogP contribution in [0.2, 0.25) is 0 Å². The van der Waals surface area contributed by atoms with E-state index in [-0.39, 0.29) is 6.09 Å². The Labute approximate surface area is 108 Å². The first-order chi connectivity index (χ1) is 8.79. The molecule has 0 bridgehead atoms. The van der Waals surface area contributed by atoms with Gasteiger partial charge in [-0.05, 0) is 24.8 Å². The van der Waals surface area contributed by atoms with Crippen molar-refractivity contribution < 1.29 is 9.53 Å². The van der Waals surface area contributed by atoms with Gasteiger partial charge >= 0.3 is 6.09 Å². The van der Waals surface area contributed by atoms with Crippen LogP contribution >= 0.6 is 0 Å². The molecule has 1 amide bonds. The highest BCUT2D eigenvalue weighted by molar-refractivity contribution is 5.67. The summed E-state index contributed by atoms with van der Waals surface area (Å²) in [5, 5.41) is 0. The van der Waals surface area contributed by atoms with Crippen LogP contribution in [0.4, 0.5) is 4.79 Å². The topological polar surface area (TPSA) is 42.4 Å². The molecule has 0 radical (unpaired) electrons. The highest BCUT2D eigenvalue weighted by atomic mass is 16.6. The molecule has 0 unspecified atom stereocenters. The second-order valence-corrected chi connectivity index (χ2v) is 4.75. The van der Waals surface area contributed by atoms with Crippen LogP contribution in [0, 0.1) is 5.92 Å². The molecule has 0 atom stereocenters. The van der Waals surface area contributed by atoms with E-state index in [9.17, 15) is 4.79 Å². The quantitative estimate of drug-likeness (QED) is 0.826. The smallest absolute Gasteiger partial charge is 0.410 e. The zero-order valence-corrected chi connectivity index (χ0v) is 10.8. The van der Waals surface area contributed by atoms with E-state index in [4.69, 9.17) is 4.74 Å². The van der Waals surface area contributed by atoms with Crippen LogP contribution in [0.5, 0.6) is 0 Å². The molecule has 0 N–H and O–H groups in total.